The molecule has 4 atom stereocenters. The van der Waals surface area contributed by atoms with Crippen molar-refractivity contribution in [3.8, 4) is 11.5 Å². The van der Waals surface area contributed by atoms with Gasteiger partial charge in [-0.3, -0.25) is 19.8 Å². The van der Waals surface area contributed by atoms with Crippen molar-refractivity contribution < 1.29 is 41.8 Å². The molecule has 22 heteroatoms. The molecule has 2 fully saturated rings. The van der Waals surface area contributed by atoms with E-state index < -0.39 is 81.2 Å². The van der Waals surface area contributed by atoms with Crippen molar-refractivity contribution in [2.45, 2.75) is 56.1 Å². The van der Waals surface area contributed by atoms with Gasteiger partial charge in [-0.15, -0.1) is 0 Å². The van der Waals surface area contributed by atoms with Crippen LogP contribution in [0.25, 0.3) is 11.0 Å². The number of nitrogens with one attached hydrogen (secondary N) is 1. The van der Waals surface area contributed by atoms with E-state index in [1.54, 1.807) is 37.4 Å². The number of anilines is 1. The lowest BCUT2D eigenvalue weighted by Gasteiger charge is -2.47. The highest BCUT2D eigenvalue weighted by atomic mass is 35.5. The summed E-state index contributed by atoms with van der Waals surface area (Å²) >= 11 is 12.6. The van der Waals surface area contributed by atoms with Crippen molar-refractivity contribution in [2.24, 2.45) is 13.0 Å². The van der Waals surface area contributed by atoms with Gasteiger partial charge in [-0.2, -0.15) is 18.2 Å². The zero-order valence-electron chi connectivity index (χ0n) is 33.9. The fourth-order valence-corrected chi connectivity index (χ4v) is 9.65. The number of aliphatic hydroxyl groups excluding tert-OH is 1. The minimum atomic E-state index is -4.79. The number of imide groups is 1. The Morgan fingerprint density at radius 2 is 1.70 bits per heavy atom. The molecule has 2 aliphatic heterocycles. The number of fused-ring (bicyclic) bond motifs is 5. The number of hydrogen-bond acceptors (Lipinski definition) is 12. The summed E-state index contributed by atoms with van der Waals surface area (Å²) in [5.41, 5.74) is -0.779. The number of carbonyl (C=O) groups is 2. The number of aromatic nitrogens is 6. The maximum Gasteiger partial charge on any atom is 0.417 e. The number of hydrazine groups is 1. The second-order valence-corrected chi connectivity index (χ2v) is 16.3. The minimum absolute atomic E-state index is 0.0646. The lowest BCUT2D eigenvalue weighted by molar-refractivity contribution is -0.139. The first-order chi connectivity index (χ1) is 30.5. The summed E-state index contributed by atoms with van der Waals surface area (Å²) in [5.74, 6) is -3.65. The smallest absolute Gasteiger partial charge is 0.417 e. The molecule has 2 N–H and O–H groups in total. The predicted molar refractivity (Wildman–Crippen MR) is 222 cm³/mol. The molecule has 1 aliphatic carbocycles. The van der Waals surface area contributed by atoms with Gasteiger partial charge in [0.2, 0.25) is 0 Å². The molecule has 4 unspecified atom stereocenters. The van der Waals surface area contributed by atoms with Crippen molar-refractivity contribution in [3.05, 3.63) is 142 Å². The molecule has 3 aliphatic rings. The summed E-state index contributed by atoms with van der Waals surface area (Å²) in [5, 5.41) is 10.5. The Kier molecular flexibility index (Phi) is 10.4. The van der Waals surface area contributed by atoms with E-state index in [1.165, 1.54) is 52.4 Å². The third-order valence-electron chi connectivity index (χ3n) is 12.2. The van der Waals surface area contributed by atoms with Crippen molar-refractivity contribution in [1.82, 2.24) is 33.5 Å². The normalized spacial score (nSPS) is 20.5. The minimum Gasteiger partial charge on any atom is -0.493 e. The highest BCUT2D eigenvalue weighted by molar-refractivity contribution is 6.33. The number of alkyl halides is 3. The summed E-state index contributed by atoms with van der Waals surface area (Å²) < 4.78 is 62.3. The third kappa shape index (κ3) is 6.44. The summed E-state index contributed by atoms with van der Waals surface area (Å²) in [6, 6.07) is 12.0. The molecule has 1 saturated heterocycles. The monoisotopic (exact) mass is 922 g/mol. The molecule has 0 spiro atoms. The predicted octanol–water partition coefficient (Wildman–Crippen LogP) is 4.74. The van der Waals surface area contributed by atoms with E-state index in [0.29, 0.717) is 56.0 Å². The van der Waals surface area contributed by atoms with Crippen LogP contribution in [0.4, 0.5) is 19.0 Å². The number of carbonyl (C=O) groups excluding carboxylic acids is 2. The van der Waals surface area contributed by atoms with E-state index in [1.807, 2.05) is 0 Å². The molecule has 2 amide bonds. The number of hydrogen-bond donors (Lipinski definition) is 2. The van der Waals surface area contributed by atoms with Crippen LogP contribution in [0.2, 0.25) is 10.0 Å². The number of furan rings is 1. The SMILES string of the molecule is COc1cc2nc(CCn3c(=O)n4n(c3=O)C3CC5C(=O)N(Nc6ncc(C(F)(F)F)cc6Cl)C(=O)C5(c5ccc(Cl)cc5)C(c5ccc(CO)o5)C3=CC4)c(=O)n(C)c2cc1OC. The van der Waals surface area contributed by atoms with Crippen LogP contribution < -0.4 is 31.8 Å². The number of allylic oxidation sites excluding steroid dienone is 2. The van der Waals surface area contributed by atoms with E-state index in [2.05, 4.69) is 15.4 Å². The van der Waals surface area contributed by atoms with Crippen molar-refractivity contribution in [3.63, 3.8) is 0 Å². The number of amides is 2. The van der Waals surface area contributed by atoms with Gasteiger partial charge in [-0.05, 0) is 47.9 Å². The van der Waals surface area contributed by atoms with E-state index >= 15 is 4.79 Å². The molecule has 2 aromatic carbocycles. The Balaban J connectivity index is 1.15. The summed E-state index contributed by atoms with van der Waals surface area (Å²) in [7, 11) is 4.47. The molecule has 6 aromatic rings. The molecular weight excluding hydrogens is 888 g/mol. The Bertz CT molecular complexity index is 3140. The molecule has 0 radical (unpaired) electrons. The van der Waals surface area contributed by atoms with Crippen LogP contribution in [0, 0.1) is 5.92 Å². The largest absolute Gasteiger partial charge is 0.493 e. The zero-order chi connectivity index (χ0) is 45.6. The van der Waals surface area contributed by atoms with Gasteiger partial charge >= 0.3 is 17.6 Å². The third-order valence-corrected chi connectivity index (χ3v) is 12.8. The van der Waals surface area contributed by atoms with Gasteiger partial charge in [0.15, 0.2) is 17.3 Å². The number of aliphatic hydroxyl groups is 1. The van der Waals surface area contributed by atoms with Gasteiger partial charge in [-0.1, -0.05) is 41.4 Å². The van der Waals surface area contributed by atoms with Gasteiger partial charge in [0.25, 0.3) is 17.4 Å². The molecule has 6 heterocycles. The Labute approximate surface area is 368 Å². The molecule has 64 heavy (non-hydrogen) atoms. The standard InChI is InChI=1S/C42H35Cl2F3N8O9/c1-51-30-17-33(63-3)32(62-2)16-28(30)49-27(37(51)58)11-12-52-39(60)53-13-10-24-29(55(53)40(52)61)15-25-36(57)54(50-35-26(44)14-21(18-48-35)42(45,46)47)38(59)41(25,20-4-6-22(43)7-5-20)34(24)31-9-8-23(19-56)64-31/h4-10,14,16-18,25,29,34,56H,11-13,15,19H2,1-3H3,(H,48,50). The highest BCUT2D eigenvalue weighted by Gasteiger charge is 2.69. The average molecular weight is 924 g/mol. The fraction of sp³-hybridized carbons (Fsp3) is 0.310. The van der Waals surface area contributed by atoms with Gasteiger partial charge in [-0.25, -0.2) is 33.5 Å². The average Bonchev–Trinajstić information content (AvgIpc) is 3.91. The zero-order valence-corrected chi connectivity index (χ0v) is 35.4. The Morgan fingerprint density at radius 3 is 2.36 bits per heavy atom. The number of pyridine rings is 1. The van der Waals surface area contributed by atoms with Gasteiger partial charge < -0.3 is 23.6 Å². The van der Waals surface area contributed by atoms with Crippen molar-refractivity contribution in [2.75, 3.05) is 19.6 Å². The van der Waals surface area contributed by atoms with Gasteiger partial charge in [0.05, 0.1) is 60.3 Å². The van der Waals surface area contributed by atoms with Crippen LogP contribution >= 0.6 is 23.2 Å². The fourth-order valence-electron chi connectivity index (χ4n) is 9.32. The molecule has 332 valence electrons. The second-order valence-electron chi connectivity index (χ2n) is 15.4. The number of aryl methyl sites for hydroxylation is 2. The first-order valence-electron chi connectivity index (χ1n) is 19.6. The molecule has 9 rings (SSSR count). The number of ether oxygens (including phenoxy) is 2. The van der Waals surface area contributed by atoms with Crippen molar-refractivity contribution in [1.29, 1.82) is 0 Å². The van der Waals surface area contributed by atoms with E-state index in [-0.39, 0.29) is 43.1 Å². The molecule has 0 bridgehead atoms. The number of halogens is 5. The lowest BCUT2D eigenvalue weighted by Crippen LogP contribution is -2.53. The Morgan fingerprint density at radius 1 is 0.984 bits per heavy atom. The van der Waals surface area contributed by atoms with Crippen molar-refractivity contribution >= 4 is 51.9 Å². The highest BCUT2D eigenvalue weighted by Crippen LogP contribution is 2.62. The maximum atomic E-state index is 15.3. The summed E-state index contributed by atoms with van der Waals surface area (Å²) in [6.45, 7) is -0.946. The van der Waals surface area contributed by atoms with Crippen LogP contribution in [0.5, 0.6) is 11.5 Å². The number of rotatable bonds is 10. The van der Waals surface area contributed by atoms with E-state index in [4.69, 9.17) is 37.1 Å². The molecular formula is C42H35Cl2F3N8O9. The van der Waals surface area contributed by atoms with E-state index in [0.717, 1.165) is 4.57 Å². The molecule has 17 nitrogen and oxygen atoms in total. The first-order valence-corrected chi connectivity index (χ1v) is 20.4. The van der Waals surface area contributed by atoms with E-state index in [9.17, 15) is 37.5 Å². The summed E-state index contributed by atoms with van der Waals surface area (Å²) in [4.78, 5) is 80.8. The summed E-state index contributed by atoms with van der Waals surface area (Å²) in [6.07, 6.45) is -2.98. The van der Waals surface area contributed by atoms with Crippen LogP contribution in [0.1, 0.15) is 46.7 Å². The Hall–Kier alpha value is -6.64. The number of methoxy groups -OCH3 is 2. The second kappa shape index (κ2) is 15.6. The maximum absolute atomic E-state index is 15.3. The van der Waals surface area contributed by atoms with Crippen LogP contribution in [0.3, 0.4) is 0 Å². The lowest BCUT2D eigenvalue weighted by atomic mass is 9.54. The quantitative estimate of drug-likeness (QED) is 0.142. The molecule has 4 aromatic heterocycles. The van der Waals surface area contributed by atoms with Gasteiger partial charge in [0.1, 0.15) is 29.2 Å². The van der Waals surface area contributed by atoms with Crippen LogP contribution in [0.15, 0.2) is 91.2 Å². The number of benzene rings is 2. The molecule has 1 saturated carbocycles. The van der Waals surface area contributed by atoms with Gasteiger partial charge in [0, 0.05) is 43.4 Å². The number of nitrogens with zero attached hydrogens (tertiary/aromatic N) is 7. The topological polar surface area (TPSA) is 198 Å². The van der Waals surface area contributed by atoms with Crippen LogP contribution in [-0.2, 0) is 54.3 Å². The van der Waals surface area contributed by atoms with Crippen LogP contribution in [-0.4, -0.2) is 64.6 Å². The first kappa shape index (κ1) is 42.7.